The van der Waals surface area contributed by atoms with E-state index in [1.165, 1.54) is 0 Å². The molecule has 3 N–H and O–H groups in total. The molecule has 2 aliphatic rings. The molecular formula is C28H26ClN5O. The maximum absolute atomic E-state index is 13.7. The van der Waals surface area contributed by atoms with Gasteiger partial charge in [-0.3, -0.25) is 10.2 Å². The molecular weight excluding hydrogens is 458 g/mol. The smallest absolute Gasteiger partial charge is 0.162 e. The Morgan fingerprint density at radius 1 is 1.17 bits per heavy atom. The van der Waals surface area contributed by atoms with Crippen molar-refractivity contribution in [2.45, 2.75) is 39.5 Å². The van der Waals surface area contributed by atoms with Crippen LogP contribution in [0.3, 0.4) is 0 Å². The Morgan fingerprint density at radius 2 is 1.91 bits per heavy atom. The number of hydrazine groups is 1. The molecule has 35 heavy (non-hydrogen) atoms. The number of pyridine rings is 1. The van der Waals surface area contributed by atoms with Gasteiger partial charge in [0, 0.05) is 22.9 Å². The molecule has 6 nitrogen and oxygen atoms in total. The molecule has 0 radical (unpaired) electrons. The van der Waals surface area contributed by atoms with Crippen molar-refractivity contribution >= 4 is 34.0 Å². The lowest BCUT2D eigenvalue weighted by Crippen LogP contribution is -2.44. The summed E-state index contributed by atoms with van der Waals surface area (Å²) in [5, 5.41) is 13.1. The van der Waals surface area contributed by atoms with Gasteiger partial charge in [0.15, 0.2) is 5.78 Å². The van der Waals surface area contributed by atoms with E-state index in [1.807, 2.05) is 61.5 Å². The van der Waals surface area contributed by atoms with E-state index < -0.39 is 5.92 Å². The number of anilines is 1. The van der Waals surface area contributed by atoms with Crippen LogP contribution in [0.15, 0.2) is 77.3 Å². The van der Waals surface area contributed by atoms with Crippen molar-refractivity contribution in [2.24, 2.45) is 11.1 Å². The second-order valence-corrected chi connectivity index (χ2v) is 10.4. The molecule has 2 heterocycles. The first-order chi connectivity index (χ1) is 16.7. The zero-order valence-electron chi connectivity index (χ0n) is 19.9. The highest BCUT2D eigenvalue weighted by Gasteiger charge is 2.45. The number of ketones is 1. The van der Waals surface area contributed by atoms with Crippen LogP contribution in [0.2, 0.25) is 5.15 Å². The predicted octanol–water partition coefficient (Wildman–Crippen LogP) is 5.96. The maximum atomic E-state index is 13.7. The third-order valence-corrected chi connectivity index (χ3v) is 6.96. The maximum Gasteiger partial charge on any atom is 0.162 e. The first-order valence-corrected chi connectivity index (χ1v) is 11.9. The number of hydrogen-bond acceptors (Lipinski definition) is 6. The number of aromatic nitrogens is 1. The molecule has 5 rings (SSSR count). The van der Waals surface area contributed by atoms with Crippen molar-refractivity contribution in [3.63, 3.8) is 0 Å². The number of para-hydroxylation sites is 1. The number of carbonyl (C=O) groups excluding carboxylic acids is 1. The van der Waals surface area contributed by atoms with Crippen LogP contribution in [-0.2, 0) is 4.79 Å². The fraction of sp³-hybridized carbons (Fsp3) is 0.250. The lowest BCUT2D eigenvalue weighted by Gasteiger charge is -2.43. The second kappa shape index (κ2) is 8.44. The van der Waals surface area contributed by atoms with E-state index in [9.17, 15) is 10.1 Å². The highest BCUT2D eigenvalue weighted by atomic mass is 35.5. The Bertz CT molecular complexity index is 1470. The standard InChI is InChI=1S/C28H26ClN5O/c1-16-9-10-21-17(11-16)12-19(26(29)32-21)24-20(15-30)27(31)34(33-18-7-5-4-6-8-18)22-13-28(2,3)14-23(35)25(22)24/h4-12,24,33H,13-14,31H2,1-3H3. The molecule has 0 bridgehead atoms. The zero-order valence-corrected chi connectivity index (χ0v) is 20.6. The summed E-state index contributed by atoms with van der Waals surface area (Å²) in [6.07, 6.45) is 0.986. The molecule has 0 fully saturated rings. The zero-order chi connectivity index (χ0) is 24.9. The molecule has 1 unspecified atom stereocenters. The summed E-state index contributed by atoms with van der Waals surface area (Å²) in [5.74, 6) is -0.440. The van der Waals surface area contributed by atoms with Crippen molar-refractivity contribution in [3.05, 3.63) is 93.5 Å². The molecule has 0 spiro atoms. The summed E-state index contributed by atoms with van der Waals surface area (Å²) < 4.78 is 0. The van der Waals surface area contributed by atoms with Crippen LogP contribution in [0.4, 0.5) is 5.69 Å². The Morgan fingerprint density at radius 3 is 2.63 bits per heavy atom. The molecule has 176 valence electrons. The van der Waals surface area contributed by atoms with Gasteiger partial charge in [-0.25, -0.2) is 9.99 Å². The third-order valence-electron chi connectivity index (χ3n) is 6.66. The van der Waals surface area contributed by atoms with Crippen LogP contribution in [0, 0.1) is 23.7 Å². The van der Waals surface area contributed by atoms with Gasteiger partial charge in [-0.15, -0.1) is 0 Å². The predicted molar refractivity (Wildman–Crippen MR) is 138 cm³/mol. The van der Waals surface area contributed by atoms with E-state index >= 15 is 0 Å². The van der Waals surface area contributed by atoms with Gasteiger partial charge >= 0.3 is 0 Å². The van der Waals surface area contributed by atoms with Crippen molar-refractivity contribution in [1.82, 2.24) is 9.99 Å². The number of benzene rings is 2. The minimum absolute atomic E-state index is 0.0123. The fourth-order valence-electron chi connectivity index (χ4n) is 5.08. The molecule has 7 heteroatoms. The Balaban J connectivity index is 1.74. The highest BCUT2D eigenvalue weighted by Crippen LogP contribution is 2.50. The Kier molecular flexibility index (Phi) is 5.53. The number of Topliss-reactive ketones (excluding diaryl/α,β-unsaturated/α-hetero) is 1. The number of allylic oxidation sites excluding steroid dienone is 3. The average molecular weight is 484 g/mol. The lowest BCUT2D eigenvalue weighted by atomic mass is 9.69. The van der Waals surface area contributed by atoms with Crippen LogP contribution in [0.25, 0.3) is 10.9 Å². The van der Waals surface area contributed by atoms with Crippen molar-refractivity contribution < 1.29 is 4.79 Å². The topological polar surface area (TPSA) is 95.0 Å². The number of fused-ring (bicyclic) bond motifs is 1. The van der Waals surface area contributed by atoms with Gasteiger partial charge in [0.05, 0.1) is 34.5 Å². The lowest BCUT2D eigenvalue weighted by molar-refractivity contribution is -0.118. The molecule has 1 aromatic heterocycles. The van der Waals surface area contributed by atoms with Gasteiger partial charge in [-0.1, -0.05) is 55.3 Å². The van der Waals surface area contributed by atoms with Crippen molar-refractivity contribution in [1.29, 1.82) is 5.26 Å². The van der Waals surface area contributed by atoms with Gasteiger partial charge in [0.1, 0.15) is 11.0 Å². The average Bonchev–Trinajstić information content (AvgIpc) is 2.80. The van der Waals surface area contributed by atoms with Crippen LogP contribution in [-0.4, -0.2) is 15.8 Å². The quantitative estimate of drug-likeness (QED) is 0.446. The molecule has 0 saturated heterocycles. The number of nitrogens with two attached hydrogens (primary N) is 1. The van der Waals surface area contributed by atoms with Crippen molar-refractivity contribution in [3.8, 4) is 6.07 Å². The number of nitrogens with zero attached hydrogens (tertiary/aromatic N) is 3. The van der Waals surface area contributed by atoms with E-state index in [1.54, 1.807) is 5.01 Å². The summed E-state index contributed by atoms with van der Waals surface area (Å²) in [6.45, 7) is 6.14. The highest BCUT2D eigenvalue weighted by molar-refractivity contribution is 6.31. The van der Waals surface area contributed by atoms with Crippen LogP contribution >= 0.6 is 11.6 Å². The van der Waals surface area contributed by atoms with Gasteiger partial charge < -0.3 is 5.73 Å². The normalized spacial score (nSPS) is 19.6. The first-order valence-electron chi connectivity index (χ1n) is 11.5. The monoisotopic (exact) mass is 483 g/mol. The van der Waals surface area contributed by atoms with E-state index in [0.29, 0.717) is 24.0 Å². The third kappa shape index (κ3) is 4.02. The molecule has 0 amide bonds. The SMILES string of the molecule is Cc1ccc2nc(Cl)c(C3C(C#N)=C(N)N(Nc4ccccc4)C4=C3C(=O)CC(C)(C)C4)cc2c1. The summed E-state index contributed by atoms with van der Waals surface area (Å²) in [6, 6.07) is 19.7. The number of nitrogens with one attached hydrogen (secondary N) is 1. The number of carbonyl (C=O) groups is 1. The summed E-state index contributed by atoms with van der Waals surface area (Å²) in [4.78, 5) is 18.3. The van der Waals surface area contributed by atoms with Gasteiger partial charge in [0.25, 0.3) is 0 Å². The molecule has 1 aliphatic carbocycles. The van der Waals surface area contributed by atoms with Gasteiger partial charge in [-0.2, -0.15) is 5.26 Å². The van der Waals surface area contributed by atoms with Crippen LogP contribution in [0.1, 0.15) is 43.7 Å². The Labute approximate surface area is 209 Å². The fourth-order valence-corrected chi connectivity index (χ4v) is 5.34. The summed E-state index contributed by atoms with van der Waals surface area (Å²) in [5.41, 5.74) is 14.5. The van der Waals surface area contributed by atoms with E-state index in [2.05, 4.69) is 30.3 Å². The number of hydrogen-bond donors (Lipinski definition) is 2. The van der Waals surface area contributed by atoms with Crippen molar-refractivity contribution in [2.75, 3.05) is 5.43 Å². The molecule has 2 aromatic carbocycles. The second-order valence-electron chi connectivity index (χ2n) is 10.0. The number of nitriles is 1. The largest absolute Gasteiger partial charge is 0.383 e. The van der Waals surface area contributed by atoms with E-state index in [-0.39, 0.29) is 27.7 Å². The van der Waals surface area contributed by atoms with Crippen LogP contribution < -0.4 is 11.2 Å². The minimum Gasteiger partial charge on any atom is -0.383 e. The number of rotatable bonds is 3. The first kappa shape index (κ1) is 22.9. The summed E-state index contributed by atoms with van der Waals surface area (Å²) >= 11 is 6.70. The molecule has 1 atom stereocenters. The van der Waals surface area contributed by atoms with E-state index in [0.717, 1.165) is 27.9 Å². The van der Waals surface area contributed by atoms with E-state index in [4.69, 9.17) is 17.3 Å². The number of halogens is 1. The molecule has 1 aliphatic heterocycles. The van der Waals surface area contributed by atoms with Gasteiger partial charge in [0.2, 0.25) is 0 Å². The van der Waals surface area contributed by atoms with Gasteiger partial charge in [-0.05, 0) is 49.1 Å². The Hall–Kier alpha value is -3.82. The number of aryl methyl sites for hydroxylation is 1. The molecule has 3 aromatic rings. The minimum atomic E-state index is -0.683. The van der Waals surface area contributed by atoms with Crippen LogP contribution in [0.5, 0.6) is 0 Å². The molecule has 0 saturated carbocycles. The summed E-state index contributed by atoms with van der Waals surface area (Å²) in [7, 11) is 0.